The fourth-order valence-electron chi connectivity index (χ4n) is 6.66. The second-order valence-electron chi connectivity index (χ2n) is 11.9. The van der Waals surface area contributed by atoms with E-state index < -0.39 is 36.6 Å². The normalized spacial score (nSPS) is 25.8. The Kier molecular flexibility index (Phi) is 10.4. The van der Waals surface area contributed by atoms with E-state index in [9.17, 15) is 34.8 Å². The molecule has 2 aliphatic heterocycles. The van der Waals surface area contributed by atoms with Crippen molar-refractivity contribution in [3.8, 4) is 0 Å². The molecule has 46 heavy (non-hydrogen) atoms. The predicted octanol–water partition coefficient (Wildman–Crippen LogP) is -3.76. The van der Waals surface area contributed by atoms with E-state index >= 15 is 0 Å². The van der Waals surface area contributed by atoms with E-state index in [1.54, 1.807) is 34.9 Å². The number of aliphatic hydroxyl groups excluding tert-OH is 3. The van der Waals surface area contributed by atoms with Gasteiger partial charge in [-0.2, -0.15) is 4.98 Å². The number of carbonyl (C=O) groups excluding carboxylic acids is 2. The smallest absolute Gasteiger partial charge is 0.547 e. The molecule has 5 heterocycles. The molecule has 240 valence electrons. The quantitative estimate of drug-likeness (QED) is 0.144. The molecule has 0 aromatic carbocycles. The SMILES string of the molecule is CC(=O)c1c(C)c2cnc(Nc3ccc(N4CCN([C@@H]5O[C@H](C(=O)[O-])[C@@H](O)[C@H](O)[C@H]5O)CC4)cn3)nc2n(C2CCCC2)c1=O.[Na+]. The minimum absolute atomic E-state index is 0. The predicted molar refractivity (Wildman–Crippen MR) is 159 cm³/mol. The Hall–Kier alpha value is -3.02. The van der Waals surface area contributed by atoms with E-state index in [4.69, 9.17) is 9.72 Å². The van der Waals surface area contributed by atoms with Crippen LogP contribution < -0.4 is 50.4 Å². The number of aromatic nitrogens is 4. The zero-order valence-electron chi connectivity index (χ0n) is 26.0. The van der Waals surface area contributed by atoms with E-state index in [2.05, 4.69) is 20.2 Å². The van der Waals surface area contributed by atoms with Crippen molar-refractivity contribution in [2.24, 2.45) is 0 Å². The molecule has 16 heteroatoms. The zero-order chi connectivity index (χ0) is 32.0. The molecule has 0 amide bonds. The molecule has 4 N–H and O–H groups in total. The Morgan fingerprint density at radius 2 is 1.70 bits per heavy atom. The number of carboxylic acids is 1. The first-order valence-electron chi connectivity index (χ1n) is 15.1. The maximum Gasteiger partial charge on any atom is 1.00 e. The van der Waals surface area contributed by atoms with Crippen LogP contribution in [0.15, 0.2) is 29.3 Å². The summed E-state index contributed by atoms with van der Waals surface area (Å²) in [5, 5.41) is 45.6. The fraction of sp³-hybridized carbons (Fsp3) is 0.533. The molecule has 3 fully saturated rings. The van der Waals surface area contributed by atoms with Crippen LogP contribution in [0, 0.1) is 6.92 Å². The van der Waals surface area contributed by atoms with Crippen LogP contribution in [0.3, 0.4) is 0 Å². The van der Waals surface area contributed by atoms with Crippen LogP contribution in [0.2, 0.25) is 0 Å². The molecule has 3 aliphatic rings. The van der Waals surface area contributed by atoms with Gasteiger partial charge in [0.2, 0.25) is 5.95 Å². The molecule has 5 atom stereocenters. The monoisotopic (exact) mass is 645 g/mol. The maximum absolute atomic E-state index is 13.5. The Morgan fingerprint density at radius 3 is 2.30 bits per heavy atom. The summed E-state index contributed by atoms with van der Waals surface area (Å²) in [4.78, 5) is 54.6. The summed E-state index contributed by atoms with van der Waals surface area (Å²) in [6.45, 7) is 4.94. The molecule has 15 nitrogen and oxygen atoms in total. The zero-order valence-corrected chi connectivity index (χ0v) is 28.0. The van der Waals surface area contributed by atoms with Crippen LogP contribution in [0.1, 0.15) is 54.6 Å². The number of piperazine rings is 1. The first-order valence-corrected chi connectivity index (χ1v) is 15.1. The number of nitrogens with one attached hydrogen (secondary N) is 1. The summed E-state index contributed by atoms with van der Waals surface area (Å²) in [6.07, 6.45) is -0.784. The number of fused-ring (bicyclic) bond motifs is 1. The van der Waals surface area contributed by atoms with Gasteiger partial charge in [-0.1, -0.05) is 12.8 Å². The number of Topliss-reactive ketones (excluding diaryl/α,β-unsaturated/α-hetero) is 1. The fourth-order valence-corrected chi connectivity index (χ4v) is 6.66. The number of nitrogens with zero attached hydrogens (tertiary/aromatic N) is 6. The number of ketones is 1. The maximum atomic E-state index is 13.5. The number of aliphatic hydroxyl groups is 3. The molecule has 0 spiro atoms. The van der Waals surface area contributed by atoms with Crippen molar-refractivity contribution in [3.63, 3.8) is 0 Å². The first-order chi connectivity index (χ1) is 21.5. The number of hydrogen-bond acceptors (Lipinski definition) is 14. The van der Waals surface area contributed by atoms with Crippen LogP contribution in [0.25, 0.3) is 11.0 Å². The van der Waals surface area contributed by atoms with E-state index in [1.807, 2.05) is 6.07 Å². The number of aliphatic carboxylic acids is 1. The van der Waals surface area contributed by atoms with Gasteiger partial charge in [0.15, 0.2) is 5.78 Å². The summed E-state index contributed by atoms with van der Waals surface area (Å²) in [6, 6.07) is 3.63. The van der Waals surface area contributed by atoms with Crippen molar-refractivity contribution in [1.82, 2.24) is 24.4 Å². The van der Waals surface area contributed by atoms with Gasteiger partial charge in [-0.25, -0.2) is 9.97 Å². The van der Waals surface area contributed by atoms with Gasteiger partial charge in [-0.15, -0.1) is 0 Å². The molecule has 1 saturated carbocycles. The average molecular weight is 646 g/mol. The number of ether oxygens (including phenoxy) is 1. The summed E-state index contributed by atoms with van der Waals surface area (Å²) < 4.78 is 7.07. The number of aryl methyl sites for hydroxylation is 1. The molecule has 3 aromatic heterocycles. The molecule has 6 rings (SSSR count). The van der Waals surface area contributed by atoms with Crippen molar-refractivity contribution < 1.29 is 64.3 Å². The molecule has 3 aromatic rings. The minimum atomic E-state index is -1.79. The number of hydrogen-bond donors (Lipinski definition) is 4. The van der Waals surface area contributed by atoms with E-state index in [0.717, 1.165) is 31.4 Å². The summed E-state index contributed by atoms with van der Waals surface area (Å²) in [7, 11) is 0. The Morgan fingerprint density at radius 1 is 1.00 bits per heavy atom. The molecule has 0 radical (unpaired) electrons. The van der Waals surface area contributed by atoms with Crippen LogP contribution in [-0.4, -0.2) is 108 Å². The molecular weight excluding hydrogens is 609 g/mol. The number of rotatable bonds is 7. The van der Waals surface area contributed by atoms with Crippen LogP contribution in [0.5, 0.6) is 0 Å². The van der Waals surface area contributed by atoms with E-state index in [-0.39, 0.29) is 58.5 Å². The average Bonchev–Trinajstić information content (AvgIpc) is 3.55. The number of carboxylic acid groups (broad SMARTS) is 1. The molecular formula is C30H36N7NaO8. The number of carbonyl (C=O) groups is 2. The molecule has 0 unspecified atom stereocenters. The molecule has 0 bridgehead atoms. The van der Waals surface area contributed by atoms with E-state index in [1.165, 1.54) is 6.92 Å². The summed E-state index contributed by atoms with van der Waals surface area (Å²) >= 11 is 0. The number of pyridine rings is 2. The molecule has 2 saturated heterocycles. The van der Waals surface area contributed by atoms with Gasteiger partial charge in [-0.05, 0) is 44.4 Å². The number of anilines is 3. The standard InChI is InChI=1S/C30H37N7O8.Na/c1-15-19-14-32-30(34-26(19)37(17-5-3-4-6-17)27(42)21(15)16(2)38)33-20-8-7-18(13-31-20)35-9-11-36(12-10-35)28-24(41)22(39)23(40)25(45-28)29(43)44;/h7-8,13-14,17,22-25,28,39-41H,3-6,9-12H2,1-2H3,(H,43,44)(H,31,32,33,34);/q;+1/p-1/t22-,23-,24+,25-,28+;/m0./s1. The summed E-state index contributed by atoms with van der Waals surface area (Å²) in [5.74, 6) is -1.18. The second-order valence-corrected chi connectivity index (χ2v) is 11.9. The van der Waals surface area contributed by atoms with Gasteiger partial charge in [-0.3, -0.25) is 19.1 Å². The van der Waals surface area contributed by atoms with Crippen molar-refractivity contribution in [3.05, 3.63) is 46.0 Å². The van der Waals surface area contributed by atoms with Crippen LogP contribution in [-0.2, 0) is 9.53 Å². The summed E-state index contributed by atoms with van der Waals surface area (Å²) in [5.41, 5.74) is 1.75. The molecule has 1 aliphatic carbocycles. The largest absolute Gasteiger partial charge is 1.00 e. The van der Waals surface area contributed by atoms with Crippen LogP contribution >= 0.6 is 0 Å². The van der Waals surface area contributed by atoms with Crippen molar-refractivity contribution in [2.45, 2.75) is 76.2 Å². The Bertz CT molecular complexity index is 1660. The third kappa shape index (κ3) is 6.42. The Labute approximate surface area is 286 Å². The Balaban J connectivity index is 0.00000417. The van der Waals surface area contributed by atoms with Gasteiger partial charge in [0.1, 0.15) is 42.1 Å². The topological polar surface area (TPSA) is 206 Å². The van der Waals surface area contributed by atoms with Crippen molar-refractivity contribution in [1.29, 1.82) is 0 Å². The van der Waals surface area contributed by atoms with E-state index in [0.29, 0.717) is 48.6 Å². The van der Waals surface area contributed by atoms with Gasteiger partial charge in [0, 0.05) is 43.8 Å². The van der Waals surface area contributed by atoms with Gasteiger partial charge in [0.05, 0.1) is 23.4 Å². The van der Waals surface area contributed by atoms with Crippen molar-refractivity contribution >= 4 is 40.2 Å². The second kappa shape index (κ2) is 14.0. The van der Waals surface area contributed by atoms with Crippen molar-refractivity contribution in [2.75, 3.05) is 36.4 Å². The minimum Gasteiger partial charge on any atom is -0.547 e. The van der Waals surface area contributed by atoms with Crippen LogP contribution in [0.4, 0.5) is 17.5 Å². The van der Waals surface area contributed by atoms with Gasteiger partial charge in [0.25, 0.3) is 5.56 Å². The third-order valence-corrected chi connectivity index (χ3v) is 9.10. The van der Waals surface area contributed by atoms with Gasteiger partial charge >= 0.3 is 29.6 Å². The van der Waals surface area contributed by atoms with Gasteiger partial charge < -0.3 is 40.2 Å². The third-order valence-electron chi connectivity index (χ3n) is 9.10. The first kappa shape index (κ1) is 34.3.